The minimum atomic E-state index is -0.501. The number of fused-ring (bicyclic) bond motifs is 1. The van der Waals surface area contributed by atoms with E-state index in [0.717, 1.165) is 29.7 Å². The molecule has 7 heteroatoms. The molecule has 0 saturated carbocycles. The number of nitrogens with one attached hydrogen (secondary N) is 1. The van der Waals surface area contributed by atoms with Gasteiger partial charge < -0.3 is 5.32 Å². The van der Waals surface area contributed by atoms with Crippen LogP contribution in [0.15, 0.2) is 42.5 Å². The Morgan fingerprint density at radius 1 is 1.04 bits per heavy atom. The number of nitrogens with zero attached hydrogens (tertiary/aromatic N) is 3. The molecule has 2 aromatic carbocycles. The van der Waals surface area contributed by atoms with Crippen molar-refractivity contribution in [1.29, 1.82) is 0 Å². The number of nitro groups is 1. The molecule has 0 aliphatic rings. The van der Waals surface area contributed by atoms with Gasteiger partial charge in [-0.25, -0.2) is 9.97 Å². The minimum absolute atomic E-state index is 0.0770. The maximum atomic E-state index is 12.5. The summed E-state index contributed by atoms with van der Waals surface area (Å²) in [4.78, 5) is 32.1. The Bertz CT molecular complexity index is 1000. The topological polar surface area (TPSA) is 98.0 Å². The highest BCUT2D eigenvalue weighted by Crippen LogP contribution is 2.20. The predicted octanol–water partition coefficient (Wildman–Crippen LogP) is 3.92. The van der Waals surface area contributed by atoms with E-state index in [1.165, 1.54) is 18.2 Å². The molecule has 0 unspecified atom stereocenters. The van der Waals surface area contributed by atoms with Crippen LogP contribution in [-0.2, 0) is 12.8 Å². The van der Waals surface area contributed by atoms with Crippen LogP contribution < -0.4 is 5.32 Å². The van der Waals surface area contributed by atoms with Gasteiger partial charge in [0.15, 0.2) is 0 Å². The van der Waals surface area contributed by atoms with Gasteiger partial charge in [-0.1, -0.05) is 19.9 Å². The molecule has 3 rings (SSSR count). The van der Waals surface area contributed by atoms with Gasteiger partial charge in [0.1, 0.15) is 0 Å². The molecule has 7 nitrogen and oxygen atoms in total. The van der Waals surface area contributed by atoms with Gasteiger partial charge in [0, 0.05) is 23.4 Å². The van der Waals surface area contributed by atoms with Crippen molar-refractivity contribution in [2.75, 3.05) is 5.32 Å². The SMILES string of the molecule is CCc1nc2ccc(C(=O)Nc3cccc([N+](=O)[O-])c3)cc2nc1CC. The number of anilines is 1. The predicted molar refractivity (Wildman–Crippen MR) is 99.3 cm³/mol. The Hall–Kier alpha value is -3.35. The van der Waals surface area contributed by atoms with Gasteiger partial charge >= 0.3 is 0 Å². The van der Waals surface area contributed by atoms with Crippen LogP contribution in [0.4, 0.5) is 11.4 Å². The minimum Gasteiger partial charge on any atom is -0.322 e. The molecular weight excluding hydrogens is 332 g/mol. The largest absolute Gasteiger partial charge is 0.322 e. The highest BCUT2D eigenvalue weighted by Gasteiger charge is 2.12. The molecule has 1 N–H and O–H groups in total. The van der Waals surface area contributed by atoms with Crippen molar-refractivity contribution in [3.63, 3.8) is 0 Å². The summed E-state index contributed by atoms with van der Waals surface area (Å²) in [6.45, 7) is 4.06. The number of aryl methyl sites for hydroxylation is 2. The molecule has 0 aliphatic carbocycles. The lowest BCUT2D eigenvalue weighted by Crippen LogP contribution is -2.12. The molecule has 0 bridgehead atoms. The first kappa shape index (κ1) is 17.5. The molecule has 1 heterocycles. The summed E-state index contributed by atoms with van der Waals surface area (Å²) < 4.78 is 0. The maximum Gasteiger partial charge on any atom is 0.271 e. The van der Waals surface area contributed by atoms with Gasteiger partial charge in [-0.3, -0.25) is 14.9 Å². The second-order valence-corrected chi connectivity index (χ2v) is 5.79. The normalized spacial score (nSPS) is 10.7. The Labute approximate surface area is 150 Å². The first-order valence-electron chi connectivity index (χ1n) is 8.37. The number of carbonyl (C=O) groups is 1. The summed E-state index contributed by atoms with van der Waals surface area (Å²) in [7, 11) is 0. The summed E-state index contributed by atoms with van der Waals surface area (Å²) in [5.41, 5.74) is 4.00. The molecule has 26 heavy (non-hydrogen) atoms. The van der Waals surface area contributed by atoms with Crippen LogP contribution in [0.3, 0.4) is 0 Å². The zero-order valence-corrected chi connectivity index (χ0v) is 14.5. The number of rotatable bonds is 5. The molecule has 0 fully saturated rings. The molecule has 132 valence electrons. The number of non-ortho nitro benzene ring substituents is 1. The van der Waals surface area contributed by atoms with E-state index >= 15 is 0 Å². The monoisotopic (exact) mass is 350 g/mol. The zero-order valence-electron chi connectivity index (χ0n) is 14.5. The van der Waals surface area contributed by atoms with Crippen LogP contribution in [0.2, 0.25) is 0 Å². The Balaban J connectivity index is 1.91. The summed E-state index contributed by atoms with van der Waals surface area (Å²) in [6.07, 6.45) is 1.58. The molecule has 1 aromatic heterocycles. The van der Waals surface area contributed by atoms with Crippen LogP contribution in [-0.4, -0.2) is 20.8 Å². The third-order valence-electron chi connectivity index (χ3n) is 4.07. The van der Waals surface area contributed by atoms with Crippen molar-refractivity contribution in [3.05, 3.63) is 69.5 Å². The van der Waals surface area contributed by atoms with E-state index in [0.29, 0.717) is 16.8 Å². The van der Waals surface area contributed by atoms with Gasteiger partial charge in [0.2, 0.25) is 0 Å². The molecule has 0 atom stereocenters. The number of nitro benzene ring substituents is 1. The second-order valence-electron chi connectivity index (χ2n) is 5.79. The molecule has 1 amide bonds. The van der Waals surface area contributed by atoms with Crippen LogP contribution in [0.25, 0.3) is 11.0 Å². The fraction of sp³-hybridized carbons (Fsp3) is 0.211. The first-order valence-corrected chi connectivity index (χ1v) is 8.37. The summed E-state index contributed by atoms with van der Waals surface area (Å²) >= 11 is 0. The number of amides is 1. The summed E-state index contributed by atoms with van der Waals surface area (Å²) in [6, 6.07) is 11.0. The highest BCUT2D eigenvalue weighted by atomic mass is 16.6. The number of aromatic nitrogens is 2. The molecule has 0 aliphatic heterocycles. The molecule has 0 saturated heterocycles. The van der Waals surface area contributed by atoms with E-state index < -0.39 is 4.92 Å². The van der Waals surface area contributed by atoms with E-state index in [2.05, 4.69) is 15.3 Å². The van der Waals surface area contributed by atoms with E-state index in [4.69, 9.17) is 0 Å². The average molecular weight is 350 g/mol. The standard InChI is InChI=1S/C19H18N4O3/c1-3-15-16(4-2)22-18-10-12(8-9-17(18)21-15)19(24)20-13-6-5-7-14(11-13)23(25)26/h5-11H,3-4H2,1-2H3,(H,20,24). The zero-order chi connectivity index (χ0) is 18.7. The fourth-order valence-corrected chi connectivity index (χ4v) is 2.74. The number of hydrogen-bond donors (Lipinski definition) is 1. The third kappa shape index (κ3) is 3.51. The van der Waals surface area contributed by atoms with Gasteiger partial charge in [-0.2, -0.15) is 0 Å². The lowest BCUT2D eigenvalue weighted by Gasteiger charge is -2.09. The lowest BCUT2D eigenvalue weighted by molar-refractivity contribution is -0.384. The van der Waals surface area contributed by atoms with Gasteiger partial charge in [0.25, 0.3) is 11.6 Å². The highest BCUT2D eigenvalue weighted by molar-refractivity contribution is 6.06. The van der Waals surface area contributed by atoms with Crippen molar-refractivity contribution in [3.8, 4) is 0 Å². The second kappa shape index (κ2) is 7.26. The van der Waals surface area contributed by atoms with Crippen molar-refractivity contribution in [2.45, 2.75) is 26.7 Å². The Kier molecular flexibility index (Phi) is 4.88. The molecular formula is C19H18N4O3. The van der Waals surface area contributed by atoms with Crippen molar-refractivity contribution < 1.29 is 9.72 Å². The van der Waals surface area contributed by atoms with Crippen LogP contribution in [0, 0.1) is 10.1 Å². The van der Waals surface area contributed by atoms with E-state index in [9.17, 15) is 14.9 Å². The number of benzene rings is 2. The fourth-order valence-electron chi connectivity index (χ4n) is 2.74. The summed E-state index contributed by atoms with van der Waals surface area (Å²) in [5.74, 6) is -0.355. The van der Waals surface area contributed by atoms with Crippen molar-refractivity contribution >= 4 is 28.3 Å². The van der Waals surface area contributed by atoms with Gasteiger partial charge in [0.05, 0.1) is 27.3 Å². The van der Waals surface area contributed by atoms with Crippen LogP contribution >= 0.6 is 0 Å². The summed E-state index contributed by atoms with van der Waals surface area (Å²) in [5, 5.41) is 13.5. The lowest BCUT2D eigenvalue weighted by atomic mass is 10.1. The third-order valence-corrected chi connectivity index (χ3v) is 4.07. The van der Waals surface area contributed by atoms with E-state index in [1.54, 1.807) is 24.3 Å². The van der Waals surface area contributed by atoms with E-state index in [1.807, 2.05) is 13.8 Å². The Morgan fingerprint density at radius 2 is 1.73 bits per heavy atom. The Morgan fingerprint density at radius 3 is 2.38 bits per heavy atom. The van der Waals surface area contributed by atoms with Gasteiger partial charge in [-0.15, -0.1) is 0 Å². The van der Waals surface area contributed by atoms with Crippen molar-refractivity contribution in [1.82, 2.24) is 9.97 Å². The van der Waals surface area contributed by atoms with Gasteiger partial charge in [-0.05, 0) is 37.1 Å². The van der Waals surface area contributed by atoms with Crippen LogP contribution in [0.1, 0.15) is 35.6 Å². The molecule has 3 aromatic rings. The van der Waals surface area contributed by atoms with E-state index in [-0.39, 0.29) is 11.6 Å². The first-order chi connectivity index (χ1) is 12.5. The van der Waals surface area contributed by atoms with Crippen molar-refractivity contribution in [2.24, 2.45) is 0 Å². The number of hydrogen-bond acceptors (Lipinski definition) is 5. The number of carbonyl (C=O) groups excluding carboxylic acids is 1. The van der Waals surface area contributed by atoms with Crippen LogP contribution in [0.5, 0.6) is 0 Å². The quantitative estimate of drug-likeness (QED) is 0.555. The smallest absolute Gasteiger partial charge is 0.271 e. The molecule has 0 radical (unpaired) electrons. The molecule has 0 spiro atoms. The average Bonchev–Trinajstić information content (AvgIpc) is 2.66. The maximum absolute atomic E-state index is 12.5.